The molecule has 1 rings (SSSR count). The summed E-state index contributed by atoms with van der Waals surface area (Å²) in [5.74, 6) is 1.77. The Morgan fingerprint density at radius 1 is 1.73 bits per heavy atom. The van der Waals surface area contributed by atoms with Crippen molar-refractivity contribution in [2.24, 2.45) is 5.73 Å². The number of rotatable bonds is 3. The minimum atomic E-state index is -0.253. The summed E-state index contributed by atoms with van der Waals surface area (Å²) in [5, 5.41) is 0.826. The molecule has 0 saturated heterocycles. The number of carbonyl (C=O) groups is 1. The number of carbonyl (C=O) groups excluding carboxylic acids is 1. The molecule has 1 amide bonds. The molecule has 3 heteroatoms. The van der Waals surface area contributed by atoms with Crippen LogP contribution in [0.5, 0.6) is 0 Å². The van der Waals surface area contributed by atoms with Crippen LogP contribution in [-0.4, -0.2) is 5.91 Å². The second-order valence-electron chi connectivity index (χ2n) is 2.49. The number of nitrogens with two attached hydrogens (primary N) is 1. The van der Waals surface area contributed by atoms with E-state index >= 15 is 0 Å². The Kier molecular flexibility index (Phi) is 2.72. The molecule has 0 aromatic carbocycles. The van der Waals surface area contributed by atoms with Gasteiger partial charge in [-0.3, -0.25) is 4.79 Å². The molecule has 11 heavy (non-hydrogen) atoms. The third-order valence-electron chi connectivity index (χ3n) is 1.60. The Bertz CT molecular complexity index is 254. The summed E-state index contributed by atoms with van der Waals surface area (Å²) in [6.45, 7) is 2.10. The average Bonchev–Trinajstić information content (AvgIpc) is 2.36. The lowest BCUT2D eigenvalue weighted by atomic mass is 10.1. The first-order chi connectivity index (χ1) is 5.25. The third-order valence-corrected chi connectivity index (χ3v) is 2.79. The van der Waals surface area contributed by atoms with Gasteiger partial charge in [0.15, 0.2) is 0 Å². The van der Waals surface area contributed by atoms with Crippen molar-refractivity contribution in [1.82, 2.24) is 0 Å². The molecule has 1 heterocycles. The zero-order valence-electron chi connectivity index (χ0n) is 6.55. The minimum Gasteiger partial charge on any atom is -0.365 e. The highest BCUT2D eigenvalue weighted by molar-refractivity contribution is 7.32. The van der Waals surface area contributed by atoms with Crippen molar-refractivity contribution in [1.29, 1.82) is 0 Å². The summed E-state index contributed by atoms with van der Waals surface area (Å²) >= 11 is 0. The van der Waals surface area contributed by atoms with Crippen LogP contribution in [0.4, 0.5) is 0 Å². The molecule has 0 aliphatic carbocycles. The van der Waals surface area contributed by atoms with Gasteiger partial charge in [-0.2, -0.15) is 0 Å². The molecular weight excluding hydrogens is 157 g/mol. The molecule has 0 aliphatic rings. The maximum absolute atomic E-state index is 10.8. The van der Waals surface area contributed by atoms with Gasteiger partial charge in [-0.15, -0.1) is 8.19 Å². The largest absolute Gasteiger partial charge is 0.365 e. The zero-order valence-corrected chi connectivity index (χ0v) is 7.55. The predicted molar refractivity (Wildman–Crippen MR) is 48.5 cm³/mol. The first-order valence-electron chi connectivity index (χ1n) is 3.71. The van der Waals surface area contributed by atoms with E-state index in [1.54, 1.807) is 0 Å². The van der Waals surface area contributed by atoms with Crippen molar-refractivity contribution in [3.05, 3.63) is 22.7 Å². The Morgan fingerprint density at radius 3 is 3.00 bits per heavy atom. The second kappa shape index (κ2) is 3.59. The quantitative estimate of drug-likeness (QED) is 0.736. The summed E-state index contributed by atoms with van der Waals surface area (Å²) in [4.78, 5) is 10.8. The van der Waals surface area contributed by atoms with Crippen LogP contribution in [0, 0.1) is 0 Å². The highest BCUT2D eigenvalue weighted by Crippen LogP contribution is 2.21. The van der Waals surface area contributed by atoms with Crippen LogP contribution in [0.2, 0.25) is 0 Å². The van der Waals surface area contributed by atoms with Gasteiger partial charge < -0.3 is 5.73 Å². The van der Waals surface area contributed by atoms with Crippen molar-refractivity contribution < 1.29 is 4.79 Å². The van der Waals surface area contributed by atoms with Crippen LogP contribution >= 0.6 is 8.19 Å². The van der Waals surface area contributed by atoms with Gasteiger partial charge in [-0.05, 0) is 17.8 Å². The fourth-order valence-corrected chi connectivity index (χ4v) is 2.10. The van der Waals surface area contributed by atoms with Gasteiger partial charge in [-0.25, -0.2) is 0 Å². The molecule has 1 aromatic rings. The Balaban J connectivity index is 2.87. The monoisotopic (exact) mass is 169 g/mol. The van der Waals surface area contributed by atoms with Crippen LogP contribution in [0.3, 0.4) is 0 Å². The molecule has 1 aromatic heterocycles. The van der Waals surface area contributed by atoms with Crippen molar-refractivity contribution >= 4 is 14.1 Å². The third kappa shape index (κ3) is 1.84. The maximum atomic E-state index is 10.8. The zero-order chi connectivity index (χ0) is 8.27. The van der Waals surface area contributed by atoms with Crippen molar-refractivity contribution in [3.63, 3.8) is 0 Å². The SMILES string of the molecule is CCCc1cc[pH]c1C(N)=O. The number of hydrogen-bond donors (Lipinski definition) is 1. The highest BCUT2D eigenvalue weighted by Gasteiger charge is 2.06. The lowest BCUT2D eigenvalue weighted by Gasteiger charge is -1.96. The van der Waals surface area contributed by atoms with Crippen molar-refractivity contribution in [2.75, 3.05) is 0 Å². The first-order valence-corrected chi connectivity index (χ1v) is 4.79. The van der Waals surface area contributed by atoms with E-state index in [4.69, 9.17) is 5.73 Å². The van der Waals surface area contributed by atoms with Gasteiger partial charge >= 0.3 is 0 Å². The summed E-state index contributed by atoms with van der Waals surface area (Å²) in [7, 11) is 0.495. The molecule has 0 bridgehead atoms. The van der Waals surface area contributed by atoms with Crippen LogP contribution < -0.4 is 5.73 Å². The average molecular weight is 169 g/mol. The fraction of sp³-hybridized carbons (Fsp3) is 0.375. The Labute approximate surface area is 67.9 Å². The Morgan fingerprint density at radius 2 is 2.45 bits per heavy atom. The van der Waals surface area contributed by atoms with Crippen molar-refractivity contribution in [3.8, 4) is 0 Å². The van der Waals surface area contributed by atoms with E-state index in [1.807, 2.05) is 11.9 Å². The highest BCUT2D eigenvalue weighted by atomic mass is 31.0. The van der Waals surface area contributed by atoms with Crippen LogP contribution in [-0.2, 0) is 6.42 Å². The van der Waals surface area contributed by atoms with Crippen LogP contribution in [0.15, 0.2) is 11.9 Å². The first kappa shape index (κ1) is 8.35. The molecule has 0 radical (unpaired) electrons. The molecule has 60 valence electrons. The normalized spacial score (nSPS) is 10.6. The van der Waals surface area contributed by atoms with Gasteiger partial charge in [0.2, 0.25) is 0 Å². The number of amides is 1. The van der Waals surface area contributed by atoms with Gasteiger partial charge in [0.1, 0.15) is 0 Å². The number of aryl methyl sites for hydroxylation is 1. The lowest BCUT2D eigenvalue weighted by molar-refractivity contribution is 0.100. The fourth-order valence-electron chi connectivity index (χ4n) is 1.11. The molecule has 2 N–H and O–H groups in total. The lowest BCUT2D eigenvalue weighted by Crippen LogP contribution is -2.10. The van der Waals surface area contributed by atoms with E-state index in [-0.39, 0.29) is 5.91 Å². The minimum absolute atomic E-state index is 0.253. The number of hydrogen-bond acceptors (Lipinski definition) is 1. The second-order valence-corrected chi connectivity index (χ2v) is 3.61. The van der Waals surface area contributed by atoms with Crippen LogP contribution in [0.25, 0.3) is 0 Å². The van der Waals surface area contributed by atoms with Gasteiger partial charge in [0, 0.05) is 0 Å². The molecule has 0 spiro atoms. The van der Waals surface area contributed by atoms with E-state index in [2.05, 4.69) is 6.92 Å². The summed E-state index contributed by atoms with van der Waals surface area (Å²) in [6, 6.07) is 2.02. The van der Waals surface area contributed by atoms with Crippen LogP contribution in [0.1, 0.15) is 29.0 Å². The summed E-state index contributed by atoms with van der Waals surface area (Å²) < 4.78 is 0. The Hall–Kier alpha value is -0.750. The van der Waals surface area contributed by atoms with Gasteiger partial charge in [-0.1, -0.05) is 19.4 Å². The standard InChI is InChI=1S/C8H12NOP/c1-2-3-6-4-5-11-7(6)8(9)10/h4-5,11H,2-3H2,1H3,(H2,9,10). The van der Waals surface area contributed by atoms with Gasteiger partial charge in [0.05, 0.1) is 5.30 Å². The maximum Gasteiger partial charge on any atom is 0.252 e. The number of primary amides is 1. The van der Waals surface area contributed by atoms with E-state index in [9.17, 15) is 4.79 Å². The molecule has 2 nitrogen and oxygen atoms in total. The molecule has 0 fully saturated rings. The topological polar surface area (TPSA) is 43.1 Å². The molecule has 0 aliphatic heterocycles. The summed E-state index contributed by atoms with van der Waals surface area (Å²) in [6.07, 6.45) is 2.04. The predicted octanol–water partition coefficient (Wildman–Crippen LogP) is 1.77. The summed E-state index contributed by atoms with van der Waals surface area (Å²) in [5.41, 5.74) is 6.33. The smallest absolute Gasteiger partial charge is 0.252 e. The molecular formula is C8H12NOP. The molecule has 1 atom stereocenters. The van der Waals surface area contributed by atoms with E-state index in [0.717, 1.165) is 23.7 Å². The van der Waals surface area contributed by atoms with Crippen molar-refractivity contribution in [2.45, 2.75) is 19.8 Å². The van der Waals surface area contributed by atoms with E-state index in [0.29, 0.717) is 8.19 Å². The molecule has 1 unspecified atom stereocenters. The molecule has 0 saturated carbocycles. The van der Waals surface area contributed by atoms with E-state index < -0.39 is 0 Å². The van der Waals surface area contributed by atoms with E-state index in [1.165, 1.54) is 0 Å². The van der Waals surface area contributed by atoms with Gasteiger partial charge in [0.25, 0.3) is 5.91 Å².